The normalized spacial score (nSPS) is 12.5. The van der Waals surface area contributed by atoms with Gasteiger partial charge in [-0.25, -0.2) is 0 Å². The average Bonchev–Trinajstić information content (AvgIpc) is 3.09. The first kappa shape index (κ1) is 45.7. The number of methoxy groups -OCH3 is 1. The van der Waals surface area contributed by atoms with Gasteiger partial charge >= 0.3 is 0 Å². The molecule has 0 aliphatic rings. The van der Waals surface area contributed by atoms with Crippen LogP contribution in [0.15, 0.2) is 36.4 Å². The van der Waals surface area contributed by atoms with Crippen molar-refractivity contribution in [1.82, 2.24) is 31.9 Å². The van der Waals surface area contributed by atoms with Gasteiger partial charge in [0.2, 0.25) is 23.6 Å². The molecule has 2 atom stereocenters. The van der Waals surface area contributed by atoms with Gasteiger partial charge in [-0.15, -0.1) is 0 Å². The maximum Gasteiger partial charge on any atom is 0.251 e. The van der Waals surface area contributed by atoms with Gasteiger partial charge in [0.15, 0.2) is 5.79 Å². The summed E-state index contributed by atoms with van der Waals surface area (Å²) < 4.78 is 16.5. The van der Waals surface area contributed by atoms with Crippen molar-refractivity contribution in [3.63, 3.8) is 0 Å². The largest absolute Gasteiger partial charge is 0.497 e. The molecule has 1 rings (SSSR count). The summed E-state index contributed by atoms with van der Waals surface area (Å²) in [7, 11) is 1.56. The van der Waals surface area contributed by atoms with Crippen LogP contribution in [0.3, 0.4) is 0 Å². The van der Waals surface area contributed by atoms with E-state index in [-0.39, 0.29) is 86.3 Å². The number of amides is 5. The summed E-state index contributed by atoms with van der Waals surface area (Å²) in [5.41, 5.74) is 0.532. The zero-order valence-corrected chi connectivity index (χ0v) is 31.9. The summed E-state index contributed by atoms with van der Waals surface area (Å²) in [6.07, 6.45) is 3.68. The summed E-state index contributed by atoms with van der Waals surface area (Å²) in [5.74, 6) is -1.82. The van der Waals surface area contributed by atoms with E-state index in [4.69, 9.17) is 14.2 Å². The number of ether oxygens (including phenoxy) is 3. The van der Waals surface area contributed by atoms with Crippen LogP contribution in [-0.4, -0.2) is 107 Å². The van der Waals surface area contributed by atoms with Gasteiger partial charge in [0.25, 0.3) is 5.91 Å². The number of nitrogens with one attached hydrogen (secondary N) is 6. The van der Waals surface area contributed by atoms with Gasteiger partial charge in [-0.3, -0.25) is 28.8 Å². The number of carbonyl (C=O) groups is 6. The minimum absolute atomic E-state index is 0.00500. The van der Waals surface area contributed by atoms with Gasteiger partial charge in [0.1, 0.15) is 11.5 Å². The molecule has 0 saturated heterocycles. The molecule has 0 saturated carbocycles. The monoisotopic (exact) mass is 732 g/mol. The van der Waals surface area contributed by atoms with E-state index in [0.717, 1.165) is 0 Å². The summed E-state index contributed by atoms with van der Waals surface area (Å²) in [6.45, 7) is 13.5. The highest BCUT2D eigenvalue weighted by Gasteiger charge is 2.19. The molecule has 0 aliphatic heterocycles. The fourth-order valence-electron chi connectivity index (χ4n) is 4.44. The standard InChI is InChI=1S/C37H60N6O9/c1-26(2)35(48)43-28(4)9-8-27(3)24-33(46)40-20-22-51-37(5,6)52-23-21-41-34(47)25-30(44)12-15-32(45)39-18-16-38-17-19-42-36(49)29-10-13-31(50-7)14-11-29/h8-11,13-14,26-28,38H,12,15-25H2,1-7H3,(H,39,45)(H,40,46)(H,41,47)(H,42,49)(H,43,48). The minimum atomic E-state index is -0.964. The number of allylic oxidation sites excluding steroid dienone is 1. The molecule has 1 aromatic rings. The number of Topliss-reactive ketones (excluding diaryl/α,β-unsaturated/α-hetero) is 1. The Hall–Kier alpha value is -4.34. The van der Waals surface area contributed by atoms with Gasteiger partial charge in [0, 0.05) is 76.1 Å². The molecule has 52 heavy (non-hydrogen) atoms. The fraction of sp³-hybridized carbons (Fsp3) is 0.622. The molecular formula is C37H60N6O9. The van der Waals surface area contributed by atoms with E-state index < -0.39 is 11.7 Å². The molecular weight excluding hydrogens is 672 g/mol. The summed E-state index contributed by atoms with van der Waals surface area (Å²) in [4.78, 5) is 72.5. The minimum Gasteiger partial charge on any atom is -0.497 e. The van der Waals surface area contributed by atoms with Crippen molar-refractivity contribution < 1.29 is 43.0 Å². The second kappa shape index (κ2) is 25.6. The van der Waals surface area contributed by atoms with Crippen molar-refractivity contribution >= 4 is 35.3 Å². The Morgan fingerprint density at radius 3 is 1.88 bits per heavy atom. The average molecular weight is 733 g/mol. The third kappa shape index (κ3) is 22.5. The van der Waals surface area contributed by atoms with Crippen LogP contribution < -0.4 is 36.6 Å². The highest BCUT2D eigenvalue weighted by atomic mass is 16.7. The first-order valence-corrected chi connectivity index (χ1v) is 17.8. The van der Waals surface area contributed by atoms with Crippen LogP contribution in [0.25, 0.3) is 0 Å². The van der Waals surface area contributed by atoms with Crippen LogP contribution >= 0.6 is 0 Å². The van der Waals surface area contributed by atoms with Gasteiger partial charge in [-0.1, -0.05) is 32.9 Å². The van der Waals surface area contributed by atoms with Crippen molar-refractivity contribution in [2.75, 3.05) is 59.6 Å². The molecule has 6 N–H and O–H groups in total. The summed E-state index contributed by atoms with van der Waals surface area (Å²) in [6, 6.07) is 6.67. The Morgan fingerprint density at radius 1 is 0.712 bits per heavy atom. The lowest BCUT2D eigenvalue weighted by Gasteiger charge is -2.26. The van der Waals surface area contributed by atoms with Crippen LogP contribution in [0, 0.1) is 11.8 Å². The molecule has 2 unspecified atom stereocenters. The predicted molar refractivity (Wildman–Crippen MR) is 197 cm³/mol. The maximum absolute atomic E-state index is 12.3. The van der Waals surface area contributed by atoms with Crippen molar-refractivity contribution in [3.8, 4) is 5.75 Å². The lowest BCUT2D eigenvalue weighted by Crippen LogP contribution is -2.37. The Labute approximate surface area is 308 Å². The zero-order valence-electron chi connectivity index (χ0n) is 31.9. The maximum atomic E-state index is 12.3. The number of hydrogen-bond donors (Lipinski definition) is 6. The predicted octanol–water partition coefficient (Wildman–Crippen LogP) is 1.62. The van der Waals surface area contributed by atoms with E-state index in [1.807, 2.05) is 39.8 Å². The third-order valence-corrected chi connectivity index (χ3v) is 7.43. The van der Waals surface area contributed by atoms with E-state index in [1.54, 1.807) is 45.2 Å². The van der Waals surface area contributed by atoms with Crippen molar-refractivity contribution in [3.05, 3.63) is 42.0 Å². The van der Waals surface area contributed by atoms with E-state index in [2.05, 4.69) is 31.9 Å². The Balaban J connectivity index is 2.08. The number of carbonyl (C=O) groups excluding carboxylic acids is 6. The quantitative estimate of drug-likeness (QED) is 0.0334. The van der Waals surface area contributed by atoms with Crippen molar-refractivity contribution in [2.24, 2.45) is 11.8 Å². The van der Waals surface area contributed by atoms with Gasteiger partial charge in [-0.2, -0.15) is 0 Å². The highest BCUT2D eigenvalue weighted by molar-refractivity contribution is 5.99. The molecule has 0 radical (unpaired) electrons. The van der Waals surface area contributed by atoms with Gasteiger partial charge in [-0.05, 0) is 51.0 Å². The zero-order chi connectivity index (χ0) is 38.9. The van der Waals surface area contributed by atoms with E-state index >= 15 is 0 Å². The fourth-order valence-corrected chi connectivity index (χ4v) is 4.44. The van der Waals surface area contributed by atoms with Crippen LogP contribution in [0.2, 0.25) is 0 Å². The molecule has 0 fully saturated rings. The molecule has 0 spiro atoms. The highest BCUT2D eigenvalue weighted by Crippen LogP contribution is 2.12. The number of benzene rings is 1. The lowest BCUT2D eigenvalue weighted by atomic mass is 10.1. The van der Waals surface area contributed by atoms with Crippen LogP contribution in [0.5, 0.6) is 5.75 Å². The van der Waals surface area contributed by atoms with Crippen molar-refractivity contribution in [1.29, 1.82) is 0 Å². The van der Waals surface area contributed by atoms with E-state index in [0.29, 0.717) is 50.5 Å². The second-order valence-corrected chi connectivity index (χ2v) is 13.1. The molecule has 15 nitrogen and oxygen atoms in total. The Bertz CT molecular complexity index is 1300. The molecule has 0 bridgehead atoms. The second-order valence-electron chi connectivity index (χ2n) is 13.1. The molecule has 15 heteroatoms. The third-order valence-electron chi connectivity index (χ3n) is 7.43. The molecule has 0 aliphatic carbocycles. The smallest absolute Gasteiger partial charge is 0.251 e. The van der Waals surface area contributed by atoms with Crippen LogP contribution in [0.1, 0.15) is 77.6 Å². The Kier molecular flexibility index (Phi) is 22.5. The lowest BCUT2D eigenvalue weighted by molar-refractivity contribution is -0.211. The van der Waals surface area contributed by atoms with E-state index in [1.165, 1.54) is 0 Å². The molecule has 292 valence electrons. The number of hydrogen-bond acceptors (Lipinski definition) is 10. The first-order chi connectivity index (χ1) is 24.6. The van der Waals surface area contributed by atoms with Gasteiger partial charge in [0.05, 0.1) is 26.7 Å². The Morgan fingerprint density at radius 2 is 1.29 bits per heavy atom. The molecule has 5 amide bonds. The van der Waals surface area contributed by atoms with Gasteiger partial charge < -0.3 is 46.1 Å². The number of rotatable bonds is 27. The first-order valence-electron chi connectivity index (χ1n) is 17.8. The van der Waals surface area contributed by atoms with Crippen LogP contribution in [-0.2, 0) is 33.4 Å². The van der Waals surface area contributed by atoms with Crippen molar-refractivity contribution in [2.45, 2.75) is 79.1 Å². The summed E-state index contributed by atoms with van der Waals surface area (Å²) in [5, 5.41) is 16.9. The number of ketones is 1. The molecule has 1 aromatic carbocycles. The van der Waals surface area contributed by atoms with E-state index in [9.17, 15) is 28.8 Å². The SMILES string of the molecule is COc1ccc(C(=O)NCCNCCNC(=O)CCC(=O)CC(=O)NCCOC(C)(C)OCCNC(=O)CC(C)C=CC(C)NC(=O)C(C)C)cc1. The topological polar surface area (TPSA) is 202 Å². The molecule has 0 heterocycles. The van der Waals surface area contributed by atoms with Crippen LogP contribution in [0.4, 0.5) is 0 Å². The molecule has 0 aromatic heterocycles. The summed E-state index contributed by atoms with van der Waals surface area (Å²) >= 11 is 0.